The van der Waals surface area contributed by atoms with Gasteiger partial charge in [0.05, 0.1) is 68.5 Å². The summed E-state index contributed by atoms with van der Waals surface area (Å²) in [5.74, 6) is -3.71. The van der Waals surface area contributed by atoms with Crippen molar-refractivity contribution in [1.29, 1.82) is 0 Å². The van der Waals surface area contributed by atoms with E-state index in [0.29, 0.717) is 0 Å². The standard InChI is InChI=1S/C34H32N6O20S6.4Na/c41-33-27-12-13-29(35-20-65(49,50)51)31(39-37-23-8-10-25(11-9-23)63(45,46)16-14-55-62-60-58-44)28(27)19-30(61-59-57-43)32(33)40-38-22-6-4-21(5-7-22)34(42)36-24-2-1-3-26(18-24)64(47,48)17-15-56-66(52,53)54;;;;/h1-13,18-19,35,41,43-44H,14-17,20H2,(H,36,42)(H,49,50,51)(H,52,53,54);;;;/q;4*+1/p-4. The van der Waals surface area contributed by atoms with Gasteiger partial charge in [-0.15, -0.1) is 14.6 Å². The number of hydrogen-bond acceptors (Lipinski definition) is 27. The van der Waals surface area contributed by atoms with Crippen molar-refractivity contribution in [3.63, 3.8) is 0 Å². The van der Waals surface area contributed by atoms with Crippen molar-refractivity contribution in [2.75, 3.05) is 41.2 Å². The fourth-order valence-electron chi connectivity index (χ4n) is 5.31. The molecule has 70 heavy (non-hydrogen) atoms. The van der Waals surface area contributed by atoms with Crippen LogP contribution < -0.4 is 139 Å². The molecule has 26 nitrogen and oxygen atoms in total. The first kappa shape index (κ1) is 66.7. The Labute approximate surface area is 496 Å². The van der Waals surface area contributed by atoms with Gasteiger partial charge in [-0.1, -0.05) is 6.07 Å². The molecule has 0 unspecified atom stereocenters. The van der Waals surface area contributed by atoms with E-state index in [1.165, 1.54) is 84.9 Å². The van der Waals surface area contributed by atoms with Crippen LogP contribution in [0.5, 0.6) is 5.75 Å². The van der Waals surface area contributed by atoms with E-state index in [2.05, 4.69) is 54.0 Å². The number of azo groups is 2. The summed E-state index contributed by atoms with van der Waals surface area (Å²) in [6.45, 7) is -1.28. The Balaban J connectivity index is 0.00000612. The molecule has 1 amide bonds. The molecule has 0 aliphatic rings. The van der Waals surface area contributed by atoms with Gasteiger partial charge in [0.15, 0.2) is 37.7 Å². The van der Waals surface area contributed by atoms with Crippen LogP contribution in [0, 0.1) is 0 Å². The molecular weight excluding hydrogens is 1100 g/mol. The Morgan fingerprint density at radius 1 is 0.657 bits per heavy atom. The third-order valence-electron chi connectivity index (χ3n) is 8.22. The van der Waals surface area contributed by atoms with E-state index < -0.39 is 75.8 Å². The summed E-state index contributed by atoms with van der Waals surface area (Å²) < 4.78 is 134. The Kier molecular flexibility index (Phi) is 29.5. The second kappa shape index (κ2) is 30.9. The Morgan fingerprint density at radius 3 is 1.84 bits per heavy atom. The summed E-state index contributed by atoms with van der Waals surface area (Å²) in [7, 11) is -18.0. The normalized spacial score (nSPS) is 11.9. The molecule has 354 valence electrons. The van der Waals surface area contributed by atoms with E-state index in [-0.39, 0.29) is 214 Å². The predicted octanol–water partition coefficient (Wildman–Crippen LogP) is -8.38. The molecule has 0 aromatic heterocycles. The summed E-state index contributed by atoms with van der Waals surface area (Å²) in [5, 5.41) is 60.1. The van der Waals surface area contributed by atoms with Crippen LogP contribution in [-0.2, 0) is 67.3 Å². The van der Waals surface area contributed by atoms with Crippen molar-refractivity contribution in [3.05, 3.63) is 96.6 Å². The molecule has 0 fully saturated rings. The molecule has 36 heteroatoms. The van der Waals surface area contributed by atoms with Crippen molar-refractivity contribution in [2.45, 2.75) is 14.7 Å². The minimum atomic E-state index is -5.11. The average molecular weight is 1120 g/mol. The van der Waals surface area contributed by atoms with Gasteiger partial charge in [-0.2, -0.15) is 14.6 Å². The van der Waals surface area contributed by atoms with Gasteiger partial charge >= 0.3 is 118 Å². The van der Waals surface area contributed by atoms with Crippen LogP contribution in [0.4, 0.5) is 34.1 Å². The number of anilines is 2. The number of aromatic hydroxyl groups is 1. The van der Waals surface area contributed by atoms with Gasteiger partial charge < -0.3 is 35.4 Å². The monoisotopic (exact) mass is 1120 g/mol. The number of nitrogens with one attached hydrogen (secondary N) is 2. The quantitative estimate of drug-likeness (QED) is 0.00755. The van der Waals surface area contributed by atoms with Crippen molar-refractivity contribution < 1.29 is 209 Å². The Morgan fingerprint density at radius 2 is 1.24 bits per heavy atom. The first-order chi connectivity index (χ1) is 31.2. The molecule has 0 saturated carbocycles. The summed E-state index contributed by atoms with van der Waals surface area (Å²) in [5.41, 5.74) is -0.212. The van der Waals surface area contributed by atoms with Gasteiger partial charge in [0.1, 0.15) is 27.4 Å². The minimum absolute atomic E-state index is 0. The molecule has 3 N–H and O–H groups in total. The molecule has 0 saturated heterocycles. The number of hydrogen-bond donors (Lipinski definition) is 3. The molecule has 5 aromatic rings. The van der Waals surface area contributed by atoms with E-state index in [4.69, 9.17) is 4.18 Å². The fourth-order valence-corrected chi connectivity index (χ4v) is 9.06. The van der Waals surface area contributed by atoms with Crippen LogP contribution in [0.3, 0.4) is 0 Å². The number of phenols is 1. The summed E-state index contributed by atoms with van der Waals surface area (Å²) in [4.78, 5) is 12.5. The minimum Gasteiger partial charge on any atom is -0.747 e. The topological polar surface area (TPSA) is 395 Å². The molecule has 0 aliphatic heterocycles. The zero-order valence-corrected chi connectivity index (χ0v) is 49.5. The van der Waals surface area contributed by atoms with E-state index in [9.17, 15) is 63.2 Å². The number of carbonyl (C=O) groups is 1. The largest absolute Gasteiger partial charge is 1.00 e. The average Bonchev–Trinajstić information content (AvgIpc) is 3.26. The van der Waals surface area contributed by atoms with Crippen LogP contribution in [-0.4, -0.2) is 84.4 Å². The van der Waals surface area contributed by atoms with Gasteiger partial charge in [0.25, 0.3) is 5.91 Å². The van der Waals surface area contributed by atoms with Crippen molar-refractivity contribution in [1.82, 2.24) is 0 Å². The summed E-state index contributed by atoms with van der Waals surface area (Å²) in [6.07, 6.45) is 0. The molecule has 0 aliphatic carbocycles. The maximum Gasteiger partial charge on any atom is 1.00 e. The van der Waals surface area contributed by atoms with Crippen molar-refractivity contribution in [2.24, 2.45) is 20.5 Å². The number of fused-ring (bicyclic) bond motifs is 1. The van der Waals surface area contributed by atoms with E-state index >= 15 is 0 Å². The van der Waals surface area contributed by atoms with Crippen LogP contribution >= 0.6 is 24.4 Å². The van der Waals surface area contributed by atoms with Crippen LogP contribution in [0.1, 0.15) is 10.4 Å². The number of nitrogens with zero attached hydrogens (tertiary/aromatic N) is 4. The SMILES string of the molecule is O=C(Nc1cccc(S(=O)(=O)CCOS(=O)(=O)[O-])c1)c1ccc(N=Nc2c(SOO[O-])cc3c(N=Nc4ccc(S(=O)(=O)CCOSOO[O-])cc4)c(NCS(=O)(=O)[O-])ccc3c2O)cc1.[Na+].[Na+].[Na+].[Na+]. The third kappa shape index (κ3) is 20.8. The molecule has 0 atom stereocenters. The third-order valence-corrected chi connectivity index (χ3v) is 13.5. The summed E-state index contributed by atoms with van der Waals surface area (Å²) in [6, 6.07) is 19.2. The Bertz CT molecular complexity index is 3070. The van der Waals surface area contributed by atoms with Crippen molar-refractivity contribution in [3.8, 4) is 5.75 Å². The molecule has 0 bridgehead atoms. The van der Waals surface area contributed by atoms with E-state index in [1.54, 1.807) is 0 Å². The van der Waals surface area contributed by atoms with Gasteiger partial charge in [-0.25, -0.2) is 33.7 Å². The number of rotatable bonds is 24. The molecule has 5 rings (SSSR count). The zero-order valence-electron chi connectivity index (χ0n) is 36.6. The summed E-state index contributed by atoms with van der Waals surface area (Å²) >= 11 is 0.410. The first-order valence-electron chi connectivity index (χ1n) is 17.6. The first-order valence-corrected chi connectivity index (χ1v) is 25.2. The number of amides is 1. The Hall–Kier alpha value is -1.27. The zero-order chi connectivity index (χ0) is 48.1. The number of phenolic OH excluding ortho intramolecular Hbond substituents is 1. The van der Waals surface area contributed by atoms with Crippen LogP contribution in [0.2, 0.25) is 0 Å². The van der Waals surface area contributed by atoms with Gasteiger partial charge in [-0.3, -0.25) is 23.2 Å². The predicted molar refractivity (Wildman–Crippen MR) is 223 cm³/mol. The maximum atomic E-state index is 13.0. The number of carbonyl (C=O) groups excluding carboxylic acids is 1. The molecule has 5 aromatic carbocycles. The molecule has 0 radical (unpaired) electrons. The van der Waals surface area contributed by atoms with Gasteiger partial charge in [0.2, 0.25) is 10.4 Å². The molecular formula is C34H28N6Na4O20S6. The van der Waals surface area contributed by atoms with Gasteiger partial charge in [0, 0.05) is 22.0 Å². The van der Waals surface area contributed by atoms with Gasteiger partial charge in [-0.05, 0) is 84.9 Å². The molecule has 0 spiro atoms. The smallest absolute Gasteiger partial charge is 0.747 e. The maximum absolute atomic E-state index is 13.0. The number of benzene rings is 5. The van der Waals surface area contributed by atoms with Crippen LogP contribution in [0.25, 0.3) is 10.8 Å². The van der Waals surface area contributed by atoms with E-state index in [1.807, 2.05) is 0 Å². The van der Waals surface area contributed by atoms with Crippen molar-refractivity contribution >= 4 is 115 Å². The number of sulfone groups is 2. The second-order valence-corrected chi connectivity index (χ2v) is 20.5. The second-order valence-electron chi connectivity index (χ2n) is 12.5. The molecule has 0 heterocycles. The van der Waals surface area contributed by atoms with Crippen LogP contribution in [0.15, 0.2) is 126 Å². The fraction of sp³-hybridized carbons (Fsp3) is 0.147. The van der Waals surface area contributed by atoms with E-state index in [0.717, 1.165) is 6.07 Å².